The lowest BCUT2D eigenvalue weighted by Crippen LogP contribution is -2.52. The molecule has 0 aliphatic carbocycles. The van der Waals surface area contributed by atoms with E-state index in [1.54, 1.807) is 24.3 Å². The lowest BCUT2D eigenvalue weighted by atomic mass is 10.0. The first-order valence-corrected chi connectivity index (χ1v) is 6.58. The Hall–Kier alpha value is -0.730. The summed E-state index contributed by atoms with van der Waals surface area (Å²) in [5.74, 6) is 0. The van der Waals surface area contributed by atoms with E-state index in [-0.39, 0.29) is 6.61 Å². The molecule has 7 heteroatoms. The number of hydrogen-bond donors (Lipinski definition) is 4. The van der Waals surface area contributed by atoms with Gasteiger partial charge in [0.2, 0.25) is 0 Å². The van der Waals surface area contributed by atoms with Crippen LogP contribution < -0.4 is 0 Å². The molecule has 0 radical (unpaired) electrons. The van der Waals surface area contributed by atoms with Crippen molar-refractivity contribution in [1.29, 1.82) is 0 Å². The van der Waals surface area contributed by atoms with Crippen LogP contribution in [0, 0.1) is 0 Å². The summed E-state index contributed by atoms with van der Waals surface area (Å²) in [6, 6.07) is 6.75. The van der Waals surface area contributed by atoms with Crippen LogP contribution in [0.2, 0.25) is 5.02 Å². The van der Waals surface area contributed by atoms with Gasteiger partial charge in [-0.25, -0.2) is 0 Å². The number of benzene rings is 1. The van der Waals surface area contributed by atoms with Crippen molar-refractivity contribution >= 4 is 11.6 Å². The summed E-state index contributed by atoms with van der Waals surface area (Å²) in [7, 11) is 0. The molecule has 1 aromatic rings. The van der Waals surface area contributed by atoms with Gasteiger partial charge in [0.25, 0.3) is 0 Å². The third-order valence-electron chi connectivity index (χ3n) is 3.14. The second kappa shape index (κ2) is 6.82. The third-order valence-corrected chi connectivity index (χ3v) is 3.39. The summed E-state index contributed by atoms with van der Waals surface area (Å²) in [5.41, 5.74) is 0.678. The standard InChI is InChI=1S/C13H17ClO6/c14-8-3-1-7(2-4-8)13-19-6-10(17)12(20-13)11(18)9(16)5-15/h1-4,9-13,15-18H,5-6H2/t9-,10+,11+,12+,13?/m0/s1. The van der Waals surface area contributed by atoms with Gasteiger partial charge in [-0.3, -0.25) is 0 Å². The highest BCUT2D eigenvalue weighted by Gasteiger charge is 2.39. The van der Waals surface area contributed by atoms with Crippen molar-refractivity contribution in [3.63, 3.8) is 0 Å². The van der Waals surface area contributed by atoms with Crippen LogP contribution in [0.25, 0.3) is 0 Å². The van der Waals surface area contributed by atoms with Crippen molar-refractivity contribution in [2.24, 2.45) is 0 Å². The zero-order chi connectivity index (χ0) is 14.7. The maximum absolute atomic E-state index is 9.85. The van der Waals surface area contributed by atoms with Crippen LogP contribution in [-0.4, -0.2) is 58.1 Å². The van der Waals surface area contributed by atoms with Crippen LogP contribution in [0.1, 0.15) is 11.9 Å². The average molecular weight is 305 g/mol. The molecule has 6 nitrogen and oxygen atoms in total. The van der Waals surface area contributed by atoms with Crippen LogP contribution >= 0.6 is 11.6 Å². The highest BCUT2D eigenvalue weighted by molar-refractivity contribution is 6.30. The first-order chi connectivity index (χ1) is 9.52. The summed E-state index contributed by atoms with van der Waals surface area (Å²) < 4.78 is 10.8. The van der Waals surface area contributed by atoms with Gasteiger partial charge in [-0.2, -0.15) is 0 Å². The Morgan fingerprint density at radius 3 is 2.50 bits per heavy atom. The molecular formula is C13H17ClO6. The number of rotatable bonds is 4. The largest absolute Gasteiger partial charge is 0.394 e. The number of aliphatic hydroxyl groups excluding tert-OH is 4. The summed E-state index contributed by atoms with van der Waals surface area (Å²) >= 11 is 5.79. The highest BCUT2D eigenvalue weighted by atomic mass is 35.5. The quantitative estimate of drug-likeness (QED) is 0.616. The minimum Gasteiger partial charge on any atom is -0.394 e. The van der Waals surface area contributed by atoms with Crippen LogP contribution in [0.5, 0.6) is 0 Å². The maximum atomic E-state index is 9.85. The topological polar surface area (TPSA) is 99.4 Å². The molecule has 2 rings (SSSR count). The Kier molecular flexibility index (Phi) is 5.34. The van der Waals surface area contributed by atoms with E-state index in [1.165, 1.54) is 0 Å². The zero-order valence-electron chi connectivity index (χ0n) is 10.6. The van der Waals surface area contributed by atoms with Gasteiger partial charge in [0, 0.05) is 10.6 Å². The highest BCUT2D eigenvalue weighted by Crippen LogP contribution is 2.29. The number of ether oxygens (including phenoxy) is 2. The average Bonchev–Trinajstić information content (AvgIpc) is 2.47. The van der Waals surface area contributed by atoms with E-state index in [9.17, 15) is 15.3 Å². The predicted octanol–water partition coefficient (Wildman–Crippen LogP) is -0.171. The van der Waals surface area contributed by atoms with Gasteiger partial charge in [-0.15, -0.1) is 0 Å². The molecule has 0 saturated carbocycles. The first-order valence-electron chi connectivity index (χ1n) is 6.20. The Balaban J connectivity index is 2.09. The molecule has 5 atom stereocenters. The fourth-order valence-corrected chi connectivity index (χ4v) is 2.11. The lowest BCUT2D eigenvalue weighted by molar-refractivity contribution is -0.284. The summed E-state index contributed by atoms with van der Waals surface area (Å²) in [6.45, 7) is -0.673. The Morgan fingerprint density at radius 2 is 1.90 bits per heavy atom. The Morgan fingerprint density at radius 1 is 1.25 bits per heavy atom. The molecule has 1 aliphatic rings. The monoisotopic (exact) mass is 304 g/mol. The molecular weight excluding hydrogens is 288 g/mol. The van der Waals surface area contributed by atoms with Crippen LogP contribution in [0.3, 0.4) is 0 Å². The van der Waals surface area contributed by atoms with E-state index in [1.807, 2.05) is 0 Å². The zero-order valence-corrected chi connectivity index (χ0v) is 11.3. The van der Waals surface area contributed by atoms with E-state index in [2.05, 4.69) is 0 Å². The summed E-state index contributed by atoms with van der Waals surface area (Å²) in [4.78, 5) is 0. The SMILES string of the molecule is OC[C@H](O)[C@@H](O)[C@@H]1OC(c2ccc(Cl)cc2)OC[C@H]1O. The fraction of sp³-hybridized carbons (Fsp3) is 0.538. The lowest BCUT2D eigenvalue weighted by Gasteiger charge is -2.37. The maximum Gasteiger partial charge on any atom is 0.184 e. The molecule has 1 unspecified atom stereocenters. The molecule has 0 bridgehead atoms. The van der Waals surface area contributed by atoms with E-state index in [0.717, 1.165) is 0 Å². The fourth-order valence-electron chi connectivity index (χ4n) is 1.98. The van der Waals surface area contributed by atoms with E-state index < -0.39 is 37.3 Å². The molecule has 1 heterocycles. The minimum absolute atomic E-state index is 0.0484. The molecule has 4 N–H and O–H groups in total. The normalized spacial score (nSPS) is 29.9. The summed E-state index contributed by atoms with van der Waals surface area (Å²) in [5, 5.41) is 38.5. The number of hydrogen-bond acceptors (Lipinski definition) is 6. The third kappa shape index (κ3) is 3.48. The van der Waals surface area contributed by atoms with Gasteiger partial charge < -0.3 is 29.9 Å². The minimum atomic E-state index is -1.41. The smallest absolute Gasteiger partial charge is 0.184 e. The summed E-state index contributed by atoms with van der Waals surface area (Å²) in [6.07, 6.45) is -5.71. The van der Waals surface area contributed by atoms with E-state index in [0.29, 0.717) is 10.6 Å². The molecule has 1 fully saturated rings. The predicted molar refractivity (Wildman–Crippen MR) is 70.1 cm³/mol. The molecule has 112 valence electrons. The van der Waals surface area contributed by atoms with Gasteiger partial charge in [0.05, 0.1) is 13.2 Å². The van der Waals surface area contributed by atoms with Crippen molar-refractivity contribution in [1.82, 2.24) is 0 Å². The van der Waals surface area contributed by atoms with Crippen LogP contribution in [0.15, 0.2) is 24.3 Å². The molecule has 0 spiro atoms. The molecule has 1 aromatic carbocycles. The van der Waals surface area contributed by atoms with E-state index >= 15 is 0 Å². The Labute approximate surface area is 121 Å². The molecule has 1 saturated heterocycles. The second-order valence-corrected chi connectivity index (χ2v) is 5.06. The van der Waals surface area contributed by atoms with Crippen molar-refractivity contribution < 1.29 is 29.9 Å². The van der Waals surface area contributed by atoms with Gasteiger partial charge in [0.1, 0.15) is 24.4 Å². The first kappa shape index (κ1) is 15.7. The van der Waals surface area contributed by atoms with Crippen molar-refractivity contribution in [3.05, 3.63) is 34.9 Å². The van der Waals surface area contributed by atoms with Crippen molar-refractivity contribution in [2.45, 2.75) is 30.7 Å². The van der Waals surface area contributed by atoms with Gasteiger partial charge in [-0.1, -0.05) is 23.7 Å². The van der Waals surface area contributed by atoms with Crippen LogP contribution in [-0.2, 0) is 9.47 Å². The van der Waals surface area contributed by atoms with Gasteiger partial charge in [-0.05, 0) is 12.1 Å². The van der Waals surface area contributed by atoms with Crippen molar-refractivity contribution in [3.8, 4) is 0 Å². The van der Waals surface area contributed by atoms with Gasteiger partial charge in [0.15, 0.2) is 6.29 Å². The molecule has 1 aliphatic heterocycles. The second-order valence-electron chi connectivity index (χ2n) is 4.63. The number of aliphatic hydroxyl groups is 4. The van der Waals surface area contributed by atoms with Crippen molar-refractivity contribution in [2.75, 3.05) is 13.2 Å². The molecule has 0 amide bonds. The van der Waals surface area contributed by atoms with Gasteiger partial charge >= 0.3 is 0 Å². The number of halogens is 1. The molecule has 20 heavy (non-hydrogen) atoms. The molecule has 0 aromatic heterocycles. The van der Waals surface area contributed by atoms with E-state index in [4.69, 9.17) is 26.2 Å². The Bertz CT molecular complexity index is 425. The van der Waals surface area contributed by atoms with Crippen LogP contribution in [0.4, 0.5) is 0 Å².